The third-order valence-electron chi connectivity index (χ3n) is 3.11. The van der Waals surface area contributed by atoms with E-state index in [1.165, 1.54) is 0 Å². The molecule has 0 amide bonds. The monoisotopic (exact) mass is 308 g/mol. The molecule has 1 heterocycles. The first-order chi connectivity index (χ1) is 9.94. The van der Waals surface area contributed by atoms with E-state index in [9.17, 15) is 8.42 Å². The summed E-state index contributed by atoms with van der Waals surface area (Å²) in [6.07, 6.45) is 1.01. The average molecular weight is 308 g/mol. The Kier molecular flexibility index (Phi) is 4.52. The summed E-state index contributed by atoms with van der Waals surface area (Å²) in [6, 6.07) is 6.70. The van der Waals surface area contributed by atoms with E-state index in [0.717, 1.165) is 18.7 Å². The molecule has 0 aliphatic rings. The number of nitrogens with zero attached hydrogens (tertiary/aromatic N) is 1. The van der Waals surface area contributed by atoms with E-state index in [-0.39, 0.29) is 4.90 Å². The lowest BCUT2D eigenvalue weighted by Gasteiger charge is -2.09. The molecule has 0 atom stereocenters. The van der Waals surface area contributed by atoms with Crippen molar-refractivity contribution in [2.24, 2.45) is 0 Å². The van der Waals surface area contributed by atoms with Gasteiger partial charge in [0.2, 0.25) is 0 Å². The van der Waals surface area contributed by atoms with Gasteiger partial charge < -0.3 is 5.32 Å². The van der Waals surface area contributed by atoms with Crippen LogP contribution in [0.1, 0.15) is 24.7 Å². The molecule has 21 heavy (non-hydrogen) atoms. The highest BCUT2D eigenvalue weighted by atomic mass is 32.2. The van der Waals surface area contributed by atoms with E-state index in [4.69, 9.17) is 0 Å². The van der Waals surface area contributed by atoms with Gasteiger partial charge in [0.25, 0.3) is 10.0 Å². The van der Waals surface area contributed by atoms with Crippen molar-refractivity contribution in [1.82, 2.24) is 10.2 Å². The highest BCUT2D eigenvalue weighted by Crippen LogP contribution is 2.22. The second-order valence-corrected chi connectivity index (χ2v) is 6.55. The quantitative estimate of drug-likeness (QED) is 0.765. The summed E-state index contributed by atoms with van der Waals surface area (Å²) < 4.78 is 27.3. The van der Waals surface area contributed by atoms with E-state index in [2.05, 4.69) is 27.2 Å². The lowest BCUT2D eigenvalue weighted by Crippen LogP contribution is -2.14. The lowest BCUT2D eigenvalue weighted by molar-refractivity contribution is 0.601. The van der Waals surface area contributed by atoms with Gasteiger partial charge in [-0.2, -0.15) is 5.10 Å². The number of benzene rings is 1. The maximum absolute atomic E-state index is 12.4. The lowest BCUT2D eigenvalue weighted by atomic mass is 10.3. The second kappa shape index (κ2) is 6.17. The molecule has 2 aromatic rings. The normalized spacial score (nSPS) is 11.4. The SMILES string of the molecule is CCCNc1ccc(S(=O)(=O)Nc2c(C)n[nH]c2C)cc1. The molecule has 3 N–H and O–H groups in total. The summed E-state index contributed by atoms with van der Waals surface area (Å²) in [5.74, 6) is 0. The molecule has 0 fully saturated rings. The van der Waals surface area contributed by atoms with Gasteiger partial charge in [-0.3, -0.25) is 9.82 Å². The van der Waals surface area contributed by atoms with Crippen LogP contribution in [0.5, 0.6) is 0 Å². The van der Waals surface area contributed by atoms with Crippen LogP contribution in [-0.2, 0) is 10.0 Å². The van der Waals surface area contributed by atoms with Gasteiger partial charge in [-0.25, -0.2) is 8.42 Å². The fraction of sp³-hybridized carbons (Fsp3) is 0.357. The molecule has 7 heteroatoms. The topological polar surface area (TPSA) is 86.9 Å². The molecule has 6 nitrogen and oxygen atoms in total. The Bertz CT molecular complexity index is 686. The van der Waals surface area contributed by atoms with Gasteiger partial charge in [0.1, 0.15) is 0 Å². The van der Waals surface area contributed by atoms with Gasteiger partial charge in [0, 0.05) is 12.2 Å². The van der Waals surface area contributed by atoms with Crippen LogP contribution in [0.4, 0.5) is 11.4 Å². The van der Waals surface area contributed by atoms with Crippen molar-refractivity contribution in [2.45, 2.75) is 32.1 Å². The van der Waals surface area contributed by atoms with E-state index >= 15 is 0 Å². The standard InChI is InChI=1S/C14H20N4O2S/c1-4-9-15-12-5-7-13(8-6-12)21(19,20)18-14-10(2)16-17-11(14)3/h5-8,15,18H,4,9H2,1-3H3,(H,16,17). The molecule has 0 aliphatic heterocycles. The van der Waals surface area contributed by atoms with Gasteiger partial charge in [-0.05, 0) is 44.5 Å². The van der Waals surface area contributed by atoms with Gasteiger partial charge >= 0.3 is 0 Å². The number of hydrogen-bond donors (Lipinski definition) is 3. The van der Waals surface area contributed by atoms with Gasteiger partial charge in [0.05, 0.1) is 22.0 Å². The van der Waals surface area contributed by atoms with Gasteiger partial charge in [-0.15, -0.1) is 0 Å². The first-order valence-corrected chi connectivity index (χ1v) is 8.30. The molecule has 114 valence electrons. The molecule has 0 bridgehead atoms. The molecule has 1 aromatic heterocycles. The highest BCUT2D eigenvalue weighted by Gasteiger charge is 2.17. The number of sulfonamides is 1. The number of aromatic amines is 1. The van der Waals surface area contributed by atoms with Crippen molar-refractivity contribution in [2.75, 3.05) is 16.6 Å². The summed E-state index contributed by atoms with van der Waals surface area (Å²) >= 11 is 0. The summed E-state index contributed by atoms with van der Waals surface area (Å²) in [5.41, 5.74) is 2.73. The van der Waals surface area contributed by atoms with Crippen LogP contribution in [0.3, 0.4) is 0 Å². The van der Waals surface area contributed by atoms with Crippen molar-refractivity contribution in [3.8, 4) is 0 Å². The number of rotatable bonds is 6. The van der Waals surface area contributed by atoms with Crippen molar-refractivity contribution in [1.29, 1.82) is 0 Å². The first kappa shape index (κ1) is 15.4. The summed E-state index contributed by atoms with van der Waals surface area (Å²) in [7, 11) is -3.60. The smallest absolute Gasteiger partial charge is 0.262 e. The first-order valence-electron chi connectivity index (χ1n) is 6.82. The molecule has 0 saturated heterocycles. The predicted molar refractivity (Wildman–Crippen MR) is 84.1 cm³/mol. The summed E-state index contributed by atoms with van der Waals surface area (Å²) in [4.78, 5) is 0.226. The van der Waals surface area contributed by atoms with E-state index in [1.54, 1.807) is 38.1 Å². The zero-order valence-electron chi connectivity index (χ0n) is 12.4. The van der Waals surface area contributed by atoms with Crippen LogP contribution in [-0.4, -0.2) is 25.2 Å². The minimum atomic E-state index is -3.60. The van der Waals surface area contributed by atoms with Crippen LogP contribution in [0.2, 0.25) is 0 Å². The van der Waals surface area contributed by atoms with Crippen LogP contribution in [0.25, 0.3) is 0 Å². The summed E-state index contributed by atoms with van der Waals surface area (Å²) in [5, 5.41) is 9.94. The largest absolute Gasteiger partial charge is 0.385 e. The Balaban J connectivity index is 2.20. The third kappa shape index (κ3) is 3.55. The van der Waals surface area contributed by atoms with Crippen molar-refractivity contribution in [3.05, 3.63) is 35.7 Å². The fourth-order valence-electron chi connectivity index (χ4n) is 1.92. The molecule has 0 unspecified atom stereocenters. The number of nitrogens with one attached hydrogen (secondary N) is 3. The van der Waals surface area contributed by atoms with Crippen molar-refractivity contribution in [3.63, 3.8) is 0 Å². The Morgan fingerprint density at radius 3 is 2.38 bits per heavy atom. The number of aryl methyl sites for hydroxylation is 2. The minimum Gasteiger partial charge on any atom is -0.385 e. The summed E-state index contributed by atoms with van der Waals surface area (Å²) in [6.45, 7) is 6.46. The average Bonchev–Trinajstić information content (AvgIpc) is 2.77. The molecule has 0 aliphatic carbocycles. The third-order valence-corrected chi connectivity index (χ3v) is 4.47. The van der Waals surface area contributed by atoms with Crippen LogP contribution >= 0.6 is 0 Å². The zero-order chi connectivity index (χ0) is 15.5. The molecule has 0 radical (unpaired) electrons. The maximum atomic E-state index is 12.4. The Labute approximate surface area is 125 Å². The van der Waals surface area contributed by atoms with Crippen LogP contribution in [0.15, 0.2) is 29.2 Å². The highest BCUT2D eigenvalue weighted by molar-refractivity contribution is 7.92. The number of H-pyrrole nitrogens is 1. The van der Waals surface area contributed by atoms with Crippen LogP contribution < -0.4 is 10.0 Å². The van der Waals surface area contributed by atoms with E-state index < -0.39 is 10.0 Å². The Morgan fingerprint density at radius 2 is 1.86 bits per heavy atom. The Morgan fingerprint density at radius 1 is 1.19 bits per heavy atom. The van der Waals surface area contributed by atoms with Crippen molar-refractivity contribution >= 4 is 21.4 Å². The van der Waals surface area contributed by atoms with Gasteiger partial charge in [-0.1, -0.05) is 6.92 Å². The molecule has 2 rings (SSSR count). The molecule has 1 aromatic carbocycles. The number of aromatic nitrogens is 2. The second-order valence-electron chi connectivity index (χ2n) is 4.87. The number of hydrogen-bond acceptors (Lipinski definition) is 4. The molecule has 0 saturated carbocycles. The van der Waals surface area contributed by atoms with E-state index in [0.29, 0.717) is 17.1 Å². The van der Waals surface area contributed by atoms with E-state index in [1.807, 2.05) is 0 Å². The van der Waals surface area contributed by atoms with Crippen LogP contribution in [0, 0.1) is 13.8 Å². The molecular weight excluding hydrogens is 288 g/mol. The predicted octanol–water partition coefficient (Wildman–Crippen LogP) is 2.65. The molecule has 0 spiro atoms. The fourth-order valence-corrected chi connectivity index (χ4v) is 3.10. The maximum Gasteiger partial charge on any atom is 0.262 e. The number of anilines is 2. The Hall–Kier alpha value is -2.02. The molecular formula is C14H20N4O2S. The zero-order valence-corrected chi connectivity index (χ0v) is 13.2. The minimum absolute atomic E-state index is 0.226. The van der Waals surface area contributed by atoms with Gasteiger partial charge in [0.15, 0.2) is 0 Å². The van der Waals surface area contributed by atoms with Crippen molar-refractivity contribution < 1.29 is 8.42 Å².